The summed E-state index contributed by atoms with van der Waals surface area (Å²) < 4.78 is 4.98. The molecule has 0 amide bonds. The van der Waals surface area contributed by atoms with Crippen LogP contribution in [0.15, 0.2) is 25.0 Å². The molecule has 0 bridgehead atoms. The molecule has 0 saturated carbocycles. The Hall–Kier alpha value is -2.52. The summed E-state index contributed by atoms with van der Waals surface area (Å²) in [5.74, 6) is -1.26. The second kappa shape index (κ2) is 8.20. The quantitative estimate of drug-likeness (QED) is 0.369. The van der Waals surface area contributed by atoms with Crippen molar-refractivity contribution < 1.29 is 14.3 Å². The molecule has 0 saturated heterocycles. The number of esters is 2. The number of nitrogens with one attached hydrogen (secondary N) is 4. The molecule has 0 spiro atoms. The molecule has 2 rings (SSSR count). The van der Waals surface area contributed by atoms with Gasteiger partial charge in [0.2, 0.25) is 0 Å². The van der Waals surface area contributed by atoms with E-state index in [1.54, 1.807) is 26.5 Å². The van der Waals surface area contributed by atoms with Crippen LogP contribution in [-0.4, -0.2) is 58.1 Å². The Balaban J connectivity index is 1.92. The van der Waals surface area contributed by atoms with E-state index in [0.717, 1.165) is 11.4 Å². The number of aromatic amines is 2. The zero-order valence-corrected chi connectivity index (χ0v) is 13.0. The number of aromatic nitrogens is 4. The Kier molecular flexibility index (Phi) is 6.01. The number of likely N-dealkylation sites (N-methyl/N-ethyl adjacent to an activating group) is 2. The van der Waals surface area contributed by atoms with Gasteiger partial charge in [-0.05, 0) is 14.1 Å². The van der Waals surface area contributed by atoms with Crippen LogP contribution in [0.2, 0.25) is 0 Å². The van der Waals surface area contributed by atoms with Crippen molar-refractivity contribution in [1.29, 1.82) is 0 Å². The van der Waals surface area contributed by atoms with Crippen LogP contribution in [0, 0.1) is 0 Å². The van der Waals surface area contributed by atoms with E-state index in [2.05, 4.69) is 30.6 Å². The fourth-order valence-electron chi connectivity index (χ4n) is 2.08. The van der Waals surface area contributed by atoms with Crippen molar-refractivity contribution in [2.75, 3.05) is 14.1 Å². The van der Waals surface area contributed by atoms with Gasteiger partial charge in [-0.15, -0.1) is 0 Å². The monoisotopic (exact) mass is 320 g/mol. The van der Waals surface area contributed by atoms with Crippen LogP contribution in [0.5, 0.6) is 0 Å². The molecule has 0 aliphatic rings. The lowest BCUT2D eigenvalue weighted by atomic mass is 10.1. The van der Waals surface area contributed by atoms with E-state index in [4.69, 9.17) is 4.74 Å². The molecule has 9 heteroatoms. The van der Waals surface area contributed by atoms with E-state index in [-0.39, 0.29) is 0 Å². The molecule has 4 N–H and O–H groups in total. The second-order valence-corrected chi connectivity index (χ2v) is 4.98. The number of imidazole rings is 2. The summed E-state index contributed by atoms with van der Waals surface area (Å²) in [6.45, 7) is 0. The fourth-order valence-corrected chi connectivity index (χ4v) is 2.08. The molecular formula is C14H20N6O3. The number of rotatable bonds is 8. The van der Waals surface area contributed by atoms with Gasteiger partial charge in [-0.1, -0.05) is 0 Å². The molecule has 2 atom stereocenters. The summed E-state index contributed by atoms with van der Waals surface area (Å²) in [6, 6.07) is -1.27. The third-order valence-corrected chi connectivity index (χ3v) is 3.42. The highest BCUT2D eigenvalue weighted by Gasteiger charge is 2.26. The van der Waals surface area contributed by atoms with Crippen LogP contribution in [-0.2, 0) is 27.2 Å². The van der Waals surface area contributed by atoms with Crippen LogP contribution in [0.1, 0.15) is 11.4 Å². The van der Waals surface area contributed by atoms with E-state index >= 15 is 0 Å². The summed E-state index contributed by atoms with van der Waals surface area (Å²) >= 11 is 0. The van der Waals surface area contributed by atoms with Crippen molar-refractivity contribution >= 4 is 11.9 Å². The zero-order chi connectivity index (χ0) is 16.7. The molecular weight excluding hydrogens is 300 g/mol. The van der Waals surface area contributed by atoms with E-state index in [0.29, 0.717) is 12.8 Å². The summed E-state index contributed by atoms with van der Waals surface area (Å²) in [5.41, 5.74) is 1.55. The highest BCUT2D eigenvalue weighted by molar-refractivity contribution is 5.91. The molecule has 0 aliphatic carbocycles. The zero-order valence-electron chi connectivity index (χ0n) is 13.0. The minimum atomic E-state index is -0.635. The molecule has 9 nitrogen and oxygen atoms in total. The first kappa shape index (κ1) is 16.8. The van der Waals surface area contributed by atoms with Crippen molar-refractivity contribution in [2.24, 2.45) is 0 Å². The Bertz CT molecular complexity index is 556. The second-order valence-electron chi connectivity index (χ2n) is 4.98. The third kappa shape index (κ3) is 4.73. The molecule has 0 aliphatic heterocycles. The van der Waals surface area contributed by atoms with Crippen molar-refractivity contribution in [3.8, 4) is 0 Å². The summed E-state index contributed by atoms with van der Waals surface area (Å²) in [4.78, 5) is 37.9. The average molecular weight is 320 g/mol. The van der Waals surface area contributed by atoms with Gasteiger partial charge < -0.3 is 25.3 Å². The lowest BCUT2D eigenvalue weighted by Gasteiger charge is -2.17. The van der Waals surface area contributed by atoms with Crippen molar-refractivity contribution in [3.63, 3.8) is 0 Å². The lowest BCUT2D eigenvalue weighted by molar-refractivity contribution is -0.162. The van der Waals surface area contributed by atoms with E-state index < -0.39 is 24.0 Å². The van der Waals surface area contributed by atoms with Crippen molar-refractivity contribution in [2.45, 2.75) is 24.9 Å². The van der Waals surface area contributed by atoms with Crippen LogP contribution >= 0.6 is 0 Å². The molecule has 2 unspecified atom stereocenters. The highest BCUT2D eigenvalue weighted by atomic mass is 16.6. The Morgan fingerprint density at radius 3 is 1.74 bits per heavy atom. The van der Waals surface area contributed by atoms with Crippen LogP contribution in [0.4, 0.5) is 0 Å². The molecule has 124 valence electrons. The summed E-state index contributed by atoms with van der Waals surface area (Å²) in [6.07, 6.45) is 7.00. The predicted molar refractivity (Wildman–Crippen MR) is 81.4 cm³/mol. The molecule has 2 aromatic heterocycles. The fraction of sp³-hybridized carbons (Fsp3) is 0.429. The number of carbonyl (C=O) groups excluding carboxylic acids is 2. The van der Waals surface area contributed by atoms with Gasteiger partial charge in [0.1, 0.15) is 12.1 Å². The highest BCUT2D eigenvalue weighted by Crippen LogP contribution is 2.04. The van der Waals surface area contributed by atoms with Gasteiger partial charge in [-0.3, -0.25) is 0 Å². The first-order valence-electron chi connectivity index (χ1n) is 7.18. The van der Waals surface area contributed by atoms with Gasteiger partial charge in [0.25, 0.3) is 0 Å². The van der Waals surface area contributed by atoms with Crippen molar-refractivity contribution in [3.05, 3.63) is 36.4 Å². The molecule has 0 radical (unpaired) electrons. The summed E-state index contributed by atoms with van der Waals surface area (Å²) in [5, 5.41) is 5.67. The van der Waals surface area contributed by atoms with E-state index in [1.807, 2.05) is 0 Å². The van der Waals surface area contributed by atoms with E-state index in [9.17, 15) is 9.59 Å². The number of hydrogen-bond donors (Lipinski definition) is 4. The molecule has 23 heavy (non-hydrogen) atoms. The van der Waals surface area contributed by atoms with Crippen molar-refractivity contribution in [1.82, 2.24) is 30.6 Å². The predicted octanol–water partition coefficient (Wildman–Crippen LogP) is -0.836. The Labute approximate surface area is 133 Å². The average Bonchev–Trinajstić information content (AvgIpc) is 3.23. The maximum absolute atomic E-state index is 12.1. The van der Waals surface area contributed by atoms with Gasteiger partial charge in [0.15, 0.2) is 0 Å². The smallest absolute Gasteiger partial charge is 0.331 e. The Morgan fingerprint density at radius 1 is 1.00 bits per heavy atom. The molecule has 0 aromatic carbocycles. The van der Waals surface area contributed by atoms with E-state index in [1.165, 1.54) is 12.7 Å². The summed E-state index contributed by atoms with van der Waals surface area (Å²) in [7, 11) is 3.26. The maximum Gasteiger partial charge on any atom is 0.331 e. The first-order valence-corrected chi connectivity index (χ1v) is 7.18. The minimum Gasteiger partial charge on any atom is -0.391 e. The SMILES string of the molecule is CNC(Cc1cnc[nH]1)C(=O)OC(=O)C(Cc1cnc[nH]1)NC. The number of nitrogens with zero attached hydrogens (tertiary/aromatic N) is 2. The molecule has 2 heterocycles. The first-order chi connectivity index (χ1) is 11.1. The normalized spacial score (nSPS) is 13.5. The number of hydrogen-bond acceptors (Lipinski definition) is 7. The van der Waals surface area contributed by atoms with Crippen LogP contribution < -0.4 is 10.6 Å². The minimum absolute atomic E-state index is 0.355. The van der Waals surface area contributed by atoms with Gasteiger partial charge in [-0.2, -0.15) is 0 Å². The maximum atomic E-state index is 12.1. The lowest BCUT2D eigenvalue weighted by Crippen LogP contribution is -2.43. The van der Waals surface area contributed by atoms with Gasteiger partial charge >= 0.3 is 11.9 Å². The van der Waals surface area contributed by atoms with Gasteiger partial charge in [-0.25, -0.2) is 19.6 Å². The third-order valence-electron chi connectivity index (χ3n) is 3.42. The Morgan fingerprint density at radius 2 is 1.43 bits per heavy atom. The van der Waals surface area contributed by atoms with Crippen LogP contribution in [0.25, 0.3) is 0 Å². The standard InChI is InChI=1S/C14H20N6O3/c1-15-11(3-9-5-17-7-19-9)13(21)23-14(22)12(16-2)4-10-6-18-8-20-10/h5-8,11-12,15-16H,3-4H2,1-2H3,(H,17,19)(H,18,20). The van der Waals surface area contributed by atoms with Gasteiger partial charge in [0, 0.05) is 36.6 Å². The van der Waals surface area contributed by atoms with Gasteiger partial charge in [0.05, 0.1) is 12.7 Å². The largest absolute Gasteiger partial charge is 0.391 e. The van der Waals surface area contributed by atoms with Crippen LogP contribution in [0.3, 0.4) is 0 Å². The number of H-pyrrole nitrogens is 2. The topological polar surface area (TPSA) is 125 Å². The number of carbonyl (C=O) groups is 2. The molecule has 0 fully saturated rings. The number of ether oxygens (including phenoxy) is 1. The molecule has 2 aromatic rings.